The quantitative estimate of drug-likeness (QED) is 0.310. The highest BCUT2D eigenvalue weighted by molar-refractivity contribution is 5.80. The summed E-state index contributed by atoms with van der Waals surface area (Å²) in [6, 6.07) is 14.7. The number of nitrogens with one attached hydrogen (secondary N) is 1. The van der Waals surface area contributed by atoms with E-state index in [4.69, 9.17) is 0 Å². The van der Waals surface area contributed by atoms with Crippen molar-refractivity contribution in [1.29, 1.82) is 0 Å². The molecule has 1 N–H and O–H groups in total. The molecule has 122 valence electrons. The first-order valence-corrected chi connectivity index (χ1v) is 7.70. The van der Waals surface area contributed by atoms with Gasteiger partial charge in [0.25, 0.3) is 5.69 Å². The Hall–Kier alpha value is -3.15. The van der Waals surface area contributed by atoms with Crippen molar-refractivity contribution in [1.82, 2.24) is 4.57 Å². The van der Waals surface area contributed by atoms with Gasteiger partial charge in [-0.3, -0.25) is 14.9 Å². The van der Waals surface area contributed by atoms with Gasteiger partial charge in [0.2, 0.25) is 0 Å². The third-order valence-corrected chi connectivity index (χ3v) is 3.93. The van der Waals surface area contributed by atoms with E-state index in [9.17, 15) is 14.9 Å². The summed E-state index contributed by atoms with van der Waals surface area (Å²) in [4.78, 5) is 21.4. The van der Waals surface area contributed by atoms with Crippen LogP contribution in [0.2, 0.25) is 0 Å². The van der Waals surface area contributed by atoms with Crippen molar-refractivity contribution in [3.05, 3.63) is 70.4 Å². The maximum absolute atomic E-state index is 11.1. The maximum Gasteiger partial charge on any atom is 0.293 e. The number of rotatable bonds is 7. The number of aryl methyl sites for hydroxylation is 1. The molecule has 3 rings (SSSR count). The van der Waals surface area contributed by atoms with Crippen LogP contribution in [0, 0.1) is 10.1 Å². The molecule has 0 saturated carbocycles. The first-order chi connectivity index (χ1) is 11.7. The standard InChI is InChI=1S/C18H17N3O3/c22-13-14-6-7-16(18(12-14)21(23)24)19-9-3-10-20-11-8-15-4-1-2-5-17(15)20/h1-2,4-8,11-13,19H,3,9-10H2. The first-order valence-electron chi connectivity index (χ1n) is 7.70. The van der Waals surface area contributed by atoms with Gasteiger partial charge in [-0.1, -0.05) is 18.2 Å². The van der Waals surface area contributed by atoms with Crippen LogP contribution in [0.5, 0.6) is 0 Å². The molecule has 0 amide bonds. The maximum atomic E-state index is 11.1. The second-order valence-electron chi connectivity index (χ2n) is 5.50. The van der Waals surface area contributed by atoms with Gasteiger partial charge in [0, 0.05) is 36.4 Å². The third-order valence-electron chi connectivity index (χ3n) is 3.93. The predicted octanol–water partition coefficient (Wildman–Crippen LogP) is 3.86. The van der Waals surface area contributed by atoms with Gasteiger partial charge in [-0.15, -0.1) is 0 Å². The summed E-state index contributed by atoms with van der Waals surface area (Å²) in [5, 5.41) is 15.4. The van der Waals surface area contributed by atoms with E-state index in [2.05, 4.69) is 28.1 Å². The van der Waals surface area contributed by atoms with Gasteiger partial charge in [0.05, 0.1) is 4.92 Å². The van der Waals surface area contributed by atoms with Gasteiger partial charge in [0.1, 0.15) is 12.0 Å². The zero-order chi connectivity index (χ0) is 16.9. The first kappa shape index (κ1) is 15.7. The van der Waals surface area contributed by atoms with Crippen molar-refractivity contribution in [3.63, 3.8) is 0 Å². The molecule has 0 radical (unpaired) electrons. The van der Waals surface area contributed by atoms with Crippen molar-refractivity contribution in [2.24, 2.45) is 0 Å². The van der Waals surface area contributed by atoms with Crippen LogP contribution >= 0.6 is 0 Å². The molecule has 1 aromatic heterocycles. The van der Waals surface area contributed by atoms with Crippen molar-refractivity contribution >= 4 is 28.6 Å². The second kappa shape index (κ2) is 6.95. The number of aldehydes is 1. The lowest BCUT2D eigenvalue weighted by Crippen LogP contribution is -2.08. The highest BCUT2D eigenvalue weighted by Gasteiger charge is 2.14. The van der Waals surface area contributed by atoms with E-state index in [1.807, 2.05) is 18.3 Å². The fourth-order valence-corrected chi connectivity index (χ4v) is 2.73. The molecular formula is C18H17N3O3. The van der Waals surface area contributed by atoms with E-state index in [-0.39, 0.29) is 5.69 Å². The zero-order valence-corrected chi connectivity index (χ0v) is 13.0. The van der Waals surface area contributed by atoms with Crippen molar-refractivity contribution < 1.29 is 9.72 Å². The predicted molar refractivity (Wildman–Crippen MR) is 93.5 cm³/mol. The van der Waals surface area contributed by atoms with Crippen LogP contribution in [0.15, 0.2) is 54.7 Å². The third kappa shape index (κ3) is 3.27. The van der Waals surface area contributed by atoms with E-state index in [0.29, 0.717) is 24.1 Å². The number of carbonyl (C=O) groups excluding carboxylic acids is 1. The van der Waals surface area contributed by atoms with E-state index >= 15 is 0 Å². The highest BCUT2D eigenvalue weighted by atomic mass is 16.6. The molecule has 0 bridgehead atoms. The average molecular weight is 323 g/mol. The smallest absolute Gasteiger partial charge is 0.293 e. The summed E-state index contributed by atoms with van der Waals surface area (Å²) in [5.41, 5.74) is 1.83. The molecule has 2 aromatic carbocycles. The molecule has 1 heterocycles. The minimum absolute atomic E-state index is 0.0778. The monoisotopic (exact) mass is 323 g/mol. The van der Waals surface area contributed by atoms with Crippen molar-refractivity contribution in [2.75, 3.05) is 11.9 Å². The molecule has 0 aliphatic carbocycles. The Balaban J connectivity index is 1.62. The Morgan fingerprint density at radius 2 is 2.00 bits per heavy atom. The van der Waals surface area contributed by atoms with Crippen LogP contribution in [0.25, 0.3) is 10.9 Å². The van der Waals surface area contributed by atoms with Gasteiger partial charge < -0.3 is 9.88 Å². The Bertz CT molecular complexity index is 886. The Kier molecular flexibility index (Phi) is 4.56. The molecule has 0 saturated heterocycles. The zero-order valence-electron chi connectivity index (χ0n) is 13.0. The summed E-state index contributed by atoms with van der Waals surface area (Å²) >= 11 is 0. The number of para-hydroxylation sites is 1. The normalized spacial score (nSPS) is 10.7. The molecule has 0 fully saturated rings. The topological polar surface area (TPSA) is 77.2 Å². The average Bonchev–Trinajstić information content (AvgIpc) is 3.02. The number of nitrogens with zero attached hydrogens (tertiary/aromatic N) is 2. The number of benzene rings is 2. The summed E-state index contributed by atoms with van der Waals surface area (Å²) in [6.07, 6.45) is 3.48. The van der Waals surface area contributed by atoms with Gasteiger partial charge >= 0.3 is 0 Å². The van der Waals surface area contributed by atoms with Gasteiger partial charge in [0.15, 0.2) is 0 Å². The Morgan fingerprint density at radius 1 is 1.17 bits per heavy atom. The number of hydrogen-bond acceptors (Lipinski definition) is 4. The van der Waals surface area contributed by atoms with Crippen molar-refractivity contribution in [3.8, 4) is 0 Å². The fraction of sp³-hybridized carbons (Fsp3) is 0.167. The van der Waals surface area contributed by atoms with Gasteiger partial charge in [-0.25, -0.2) is 0 Å². The minimum Gasteiger partial charge on any atom is -0.379 e. The van der Waals surface area contributed by atoms with Crippen LogP contribution < -0.4 is 5.32 Å². The molecule has 0 aliphatic rings. The molecule has 0 spiro atoms. The lowest BCUT2D eigenvalue weighted by atomic mass is 10.2. The Labute approximate surface area is 138 Å². The summed E-state index contributed by atoms with van der Waals surface area (Å²) in [6.45, 7) is 1.43. The largest absolute Gasteiger partial charge is 0.379 e. The minimum atomic E-state index is -0.477. The van der Waals surface area contributed by atoms with Crippen LogP contribution in [0.4, 0.5) is 11.4 Å². The number of hydrogen-bond donors (Lipinski definition) is 1. The van der Waals surface area contributed by atoms with Crippen LogP contribution in [-0.4, -0.2) is 22.3 Å². The van der Waals surface area contributed by atoms with E-state index < -0.39 is 4.92 Å². The molecule has 24 heavy (non-hydrogen) atoms. The number of nitro groups is 1. The highest BCUT2D eigenvalue weighted by Crippen LogP contribution is 2.25. The molecular weight excluding hydrogens is 306 g/mol. The summed E-state index contributed by atoms with van der Waals surface area (Å²) in [5.74, 6) is 0. The SMILES string of the molecule is O=Cc1ccc(NCCCn2ccc3ccccc32)c([N+](=O)[O-])c1. The molecule has 0 unspecified atom stereocenters. The lowest BCUT2D eigenvalue weighted by molar-refractivity contribution is -0.384. The molecule has 3 aromatic rings. The van der Waals surface area contributed by atoms with E-state index in [0.717, 1.165) is 13.0 Å². The van der Waals surface area contributed by atoms with Gasteiger partial charge in [-0.2, -0.15) is 0 Å². The number of anilines is 1. The summed E-state index contributed by atoms with van der Waals surface area (Å²) < 4.78 is 2.17. The second-order valence-corrected chi connectivity index (χ2v) is 5.50. The summed E-state index contributed by atoms with van der Waals surface area (Å²) in [7, 11) is 0. The number of aromatic nitrogens is 1. The van der Waals surface area contributed by atoms with Crippen LogP contribution in [0.1, 0.15) is 16.8 Å². The van der Waals surface area contributed by atoms with Gasteiger partial charge in [-0.05, 0) is 36.1 Å². The Morgan fingerprint density at radius 3 is 2.79 bits per heavy atom. The fourth-order valence-electron chi connectivity index (χ4n) is 2.73. The molecule has 6 heteroatoms. The van der Waals surface area contributed by atoms with E-state index in [1.165, 1.54) is 17.0 Å². The lowest BCUT2D eigenvalue weighted by Gasteiger charge is -2.09. The molecule has 6 nitrogen and oxygen atoms in total. The number of nitro benzene ring substituents is 1. The van der Waals surface area contributed by atoms with Crippen LogP contribution in [-0.2, 0) is 6.54 Å². The van der Waals surface area contributed by atoms with E-state index in [1.54, 1.807) is 12.1 Å². The van der Waals surface area contributed by atoms with Crippen molar-refractivity contribution in [2.45, 2.75) is 13.0 Å². The van der Waals surface area contributed by atoms with Crippen LogP contribution in [0.3, 0.4) is 0 Å². The number of fused-ring (bicyclic) bond motifs is 1. The molecule has 0 atom stereocenters. The number of carbonyl (C=O) groups is 1. The molecule has 0 aliphatic heterocycles.